The summed E-state index contributed by atoms with van der Waals surface area (Å²) in [6.45, 7) is 0. The van der Waals surface area contributed by atoms with Crippen LogP contribution in [0.1, 0.15) is 11.7 Å². The number of nitrogens with zero attached hydrogens (tertiary/aromatic N) is 1. The van der Waals surface area contributed by atoms with Crippen molar-refractivity contribution in [2.24, 2.45) is 7.05 Å². The lowest BCUT2D eigenvalue weighted by molar-refractivity contribution is -0.146. The Morgan fingerprint density at radius 1 is 1.44 bits per heavy atom. The van der Waals surface area contributed by atoms with Gasteiger partial charge in [0.25, 0.3) is 0 Å². The molecule has 0 radical (unpaired) electrons. The molecule has 2 rings (SSSR count). The van der Waals surface area contributed by atoms with E-state index in [4.69, 9.17) is 5.11 Å². The summed E-state index contributed by atoms with van der Waals surface area (Å²) in [7, 11) is 1.75. The van der Waals surface area contributed by atoms with Crippen LogP contribution >= 0.6 is 0 Å². The van der Waals surface area contributed by atoms with Gasteiger partial charge < -0.3 is 19.9 Å². The summed E-state index contributed by atoms with van der Waals surface area (Å²) >= 11 is 0. The Morgan fingerprint density at radius 3 is 2.75 bits per heavy atom. The van der Waals surface area contributed by atoms with Gasteiger partial charge in [-0.15, -0.1) is 0 Å². The molecule has 1 aromatic heterocycles. The summed E-state index contributed by atoms with van der Waals surface area (Å²) in [5.41, 5.74) is 1.04. The van der Waals surface area contributed by atoms with Gasteiger partial charge in [-0.05, 0) is 18.2 Å². The van der Waals surface area contributed by atoms with E-state index in [9.17, 15) is 15.0 Å². The lowest BCUT2D eigenvalue weighted by Crippen LogP contribution is -2.09. The molecule has 16 heavy (non-hydrogen) atoms. The number of phenolic OH excluding ortho intramolecular Hbond substituents is 1. The van der Waals surface area contributed by atoms with Gasteiger partial charge in [-0.1, -0.05) is 0 Å². The number of aliphatic hydroxyl groups excluding tert-OH is 1. The second kappa shape index (κ2) is 3.53. The molecule has 0 spiro atoms. The normalized spacial score (nSPS) is 12.9. The Hall–Kier alpha value is -2.01. The zero-order chi connectivity index (χ0) is 11.9. The van der Waals surface area contributed by atoms with E-state index < -0.39 is 12.1 Å². The SMILES string of the molecule is Cn1cc(C(O)C(=O)O)c2cc(O)ccc21. The summed E-state index contributed by atoms with van der Waals surface area (Å²) in [6.07, 6.45) is -0.0337. The number of aliphatic hydroxyl groups is 1. The van der Waals surface area contributed by atoms with Crippen LogP contribution < -0.4 is 0 Å². The fourth-order valence-corrected chi connectivity index (χ4v) is 1.76. The number of hydrogen-bond donors (Lipinski definition) is 3. The number of benzene rings is 1. The minimum atomic E-state index is -1.58. The molecule has 1 aromatic carbocycles. The smallest absolute Gasteiger partial charge is 0.337 e. The molecule has 0 amide bonds. The number of carbonyl (C=O) groups is 1. The molecule has 1 unspecified atom stereocenters. The second-order valence-corrected chi connectivity index (χ2v) is 3.64. The Bertz CT molecular complexity index is 558. The highest BCUT2D eigenvalue weighted by atomic mass is 16.4. The van der Waals surface area contributed by atoms with E-state index in [1.165, 1.54) is 12.1 Å². The van der Waals surface area contributed by atoms with E-state index in [-0.39, 0.29) is 11.3 Å². The van der Waals surface area contributed by atoms with Crippen molar-refractivity contribution in [1.82, 2.24) is 4.57 Å². The fourth-order valence-electron chi connectivity index (χ4n) is 1.76. The first kappa shape index (κ1) is 10.5. The highest BCUT2D eigenvalue weighted by Crippen LogP contribution is 2.28. The lowest BCUT2D eigenvalue weighted by atomic mass is 10.1. The van der Waals surface area contributed by atoms with Crippen LogP contribution in [0.3, 0.4) is 0 Å². The standard InChI is InChI=1S/C11H11NO4/c1-12-5-8(10(14)11(15)16)7-4-6(13)2-3-9(7)12/h2-5,10,13-14H,1H3,(H,15,16). The maximum absolute atomic E-state index is 10.7. The molecule has 1 atom stereocenters. The maximum Gasteiger partial charge on any atom is 0.337 e. The van der Waals surface area contributed by atoms with Crippen molar-refractivity contribution in [2.75, 3.05) is 0 Å². The molecule has 5 heteroatoms. The van der Waals surface area contributed by atoms with Crippen molar-refractivity contribution in [3.05, 3.63) is 30.0 Å². The number of aromatic hydroxyl groups is 1. The average Bonchev–Trinajstić information content (AvgIpc) is 2.54. The molecular formula is C11H11NO4. The van der Waals surface area contributed by atoms with E-state index in [0.717, 1.165) is 5.52 Å². The number of hydrogen-bond acceptors (Lipinski definition) is 3. The number of aliphatic carboxylic acids is 1. The highest BCUT2D eigenvalue weighted by molar-refractivity contribution is 5.89. The molecule has 0 aliphatic rings. The summed E-state index contributed by atoms with van der Waals surface area (Å²) in [6, 6.07) is 4.62. The number of aryl methyl sites for hydroxylation is 1. The quantitative estimate of drug-likeness (QED) is 0.706. The minimum absolute atomic E-state index is 0.0394. The van der Waals surface area contributed by atoms with E-state index >= 15 is 0 Å². The van der Waals surface area contributed by atoms with Crippen LogP contribution in [0.5, 0.6) is 5.75 Å². The third-order valence-corrected chi connectivity index (χ3v) is 2.53. The van der Waals surface area contributed by atoms with Gasteiger partial charge in [-0.25, -0.2) is 4.79 Å². The van der Waals surface area contributed by atoms with Crippen LogP contribution in [-0.4, -0.2) is 25.9 Å². The second-order valence-electron chi connectivity index (χ2n) is 3.64. The zero-order valence-corrected chi connectivity index (χ0v) is 8.58. The summed E-state index contributed by atoms with van der Waals surface area (Å²) in [4.78, 5) is 10.7. The molecule has 0 saturated heterocycles. The van der Waals surface area contributed by atoms with Crippen molar-refractivity contribution >= 4 is 16.9 Å². The van der Waals surface area contributed by atoms with E-state index in [0.29, 0.717) is 5.39 Å². The molecule has 0 aliphatic carbocycles. The Morgan fingerprint density at radius 2 is 2.12 bits per heavy atom. The van der Waals surface area contributed by atoms with Gasteiger partial charge >= 0.3 is 5.97 Å². The first-order valence-corrected chi connectivity index (χ1v) is 4.69. The van der Waals surface area contributed by atoms with Crippen LogP contribution in [0.15, 0.2) is 24.4 Å². The van der Waals surface area contributed by atoms with Crippen molar-refractivity contribution in [3.8, 4) is 5.75 Å². The number of rotatable bonds is 2. The number of carboxylic acids is 1. The van der Waals surface area contributed by atoms with Gasteiger partial charge in [0.1, 0.15) is 5.75 Å². The first-order valence-electron chi connectivity index (χ1n) is 4.69. The van der Waals surface area contributed by atoms with Crippen molar-refractivity contribution < 1.29 is 20.1 Å². The van der Waals surface area contributed by atoms with Gasteiger partial charge in [0.2, 0.25) is 0 Å². The zero-order valence-electron chi connectivity index (χ0n) is 8.58. The van der Waals surface area contributed by atoms with E-state index in [1.54, 1.807) is 23.9 Å². The largest absolute Gasteiger partial charge is 0.508 e. The van der Waals surface area contributed by atoms with Crippen LogP contribution in [0.25, 0.3) is 10.9 Å². The van der Waals surface area contributed by atoms with Gasteiger partial charge in [-0.2, -0.15) is 0 Å². The number of carboxylic acid groups (broad SMARTS) is 1. The van der Waals surface area contributed by atoms with Gasteiger partial charge in [0.05, 0.1) is 0 Å². The fraction of sp³-hybridized carbons (Fsp3) is 0.182. The topological polar surface area (TPSA) is 82.7 Å². The number of aromatic nitrogens is 1. The lowest BCUT2D eigenvalue weighted by Gasteiger charge is -2.03. The highest BCUT2D eigenvalue weighted by Gasteiger charge is 2.20. The van der Waals surface area contributed by atoms with Gasteiger partial charge in [-0.3, -0.25) is 0 Å². The van der Waals surface area contributed by atoms with Gasteiger partial charge in [0.15, 0.2) is 6.10 Å². The molecule has 0 saturated carbocycles. The molecule has 1 heterocycles. The van der Waals surface area contributed by atoms with Crippen LogP contribution in [0.2, 0.25) is 0 Å². The molecule has 3 N–H and O–H groups in total. The average molecular weight is 221 g/mol. The maximum atomic E-state index is 10.7. The van der Waals surface area contributed by atoms with Crippen molar-refractivity contribution in [2.45, 2.75) is 6.10 Å². The molecular weight excluding hydrogens is 210 g/mol. The third-order valence-electron chi connectivity index (χ3n) is 2.53. The summed E-state index contributed by atoms with van der Waals surface area (Å²) < 4.78 is 1.70. The molecule has 5 nitrogen and oxygen atoms in total. The third kappa shape index (κ3) is 1.51. The Kier molecular flexibility index (Phi) is 2.32. The molecule has 0 fully saturated rings. The molecule has 2 aromatic rings. The molecule has 84 valence electrons. The minimum Gasteiger partial charge on any atom is -0.508 e. The first-order chi connectivity index (χ1) is 7.50. The van der Waals surface area contributed by atoms with Crippen molar-refractivity contribution in [3.63, 3.8) is 0 Å². The predicted molar refractivity (Wildman–Crippen MR) is 57.2 cm³/mol. The van der Waals surface area contributed by atoms with Crippen molar-refractivity contribution in [1.29, 1.82) is 0 Å². The monoisotopic (exact) mass is 221 g/mol. The van der Waals surface area contributed by atoms with E-state index in [2.05, 4.69) is 0 Å². The van der Waals surface area contributed by atoms with E-state index in [1.807, 2.05) is 0 Å². The predicted octanol–water partition coefficient (Wildman–Crippen LogP) is 1.00. The Labute approximate surface area is 91.2 Å². The van der Waals surface area contributed by atoms with Crippen LogP contribution in [-0.2, 0) is 11.8 Å². The summed E-state index contributed by atoms with van der Waals surface area (Å²) in [5, 5.41) is 28.1. The van der Waals surface area contributed by atoms with Crippen LogP contribution in [0, 0.1) is 0 Å². The molecule has 0 bridgehead atoms. The number of phenols is 1. The van der Waals surface area contributed by atoms with Crippen LogP contribution in [0.4, 0.5) is 0 Å². The molecule has 0 aliphatic heterocycles. The van der Waals surface area contributed by atoms with Gasteiger partial charge in [0, 0.05) is 29.7 Å². The Balaban J connectivity index is 2.70. The number of fused-ring (bicyclic) bond motifs is 1. The summed E-state index contributed by atoms with van der Waals surface area (Å²) in [5.74, 6) is -1.27.